The number of hydrogen-bond acceptors (Lipinski definition) is 15. The maximum absolute atomic E-state index is 13.2. The van der Waals surface area contributed by atoms with Crippen molar-refractivity contribution in [2.75, 3.05) is 39.6 Å². The van der Waals surface area contributed by atoms with Crippen molar-refractivity contribution in [1.29, 1.82) is 0 Å². The van der Waals surface area contributed by atoms with Crippen LogP contribution in [0.15, 0.2) is 0 Å². The fourth-order valence-electron chi connectivity index (χ4n) is 13.6. The van der Waals surface area contributed by atoms with Crippen LogP contribution in [0.25, 0.3) is 0 Å². The molecule has 0 radical (unpaired) electrons. The summed E-state index contributed by atoms with van der Waals surface area (Å²) in [5, 5.41) is 10.7. The molecule has 107 heavy (non-hydrogen) atoms. The molecular weight excluding hydrogens is 1390 g/mol. The van der Waals surface area contributed by atoms with Crippen molar-refractivity contribution in [2.45, 2.75) is 478 Å². The molecule has 0 fully saturated rings. The molecule has 7 atom stereocenters. The summed E-state index contributed by atoms with van der Waals surface area (Å²) < 4.78 is 68.9. The first-order valence-electron chi connectivity index (χ1n) is 45.3. The van der Waals surface area contributed by atoms with Crippen LogP contribution < -0.4 is 0 Å². The van der Waals surface area contributed by atoms with Crippen molar-refractivity contribution in [1.82, 2.24) is 0 Å². The summed E-state index contributed by atoms with van der Waals surface area (Å²) in [5.41, 5.74) is 0. The lowest BCUT2D eigenvalue weighted by Gasteiger charge is -2.21. The fraction of sp³-hybridized carbons (Fsp3) is 0.955. The van der Waals surface area contributed by atoms with Gasteiger partial charge in [0.15, 0.2) is 12.2 Å². The minimum absolute atomic E-state index is 0.107. The number of esters is 4. The number of carbonyl (C=O) groups excluding carboxylic acids is 4. The van der Waals surface area contributed by atoms with Gasteiger partial charge < -0.3 is 33.8 Å². The third kappa shape index (κ3) is 79.1. The third-order valence-corrected chi connectivity index (χ3v) is 23.2. The molecule has 19 heteroatoms. The van der Waals surface area contributed by atoms with Crippen LogP contribution in [0.1, 0.15) is 460 Å². The van der Waals surface area contributed by atoms with E-state index in [0.717, 1.165) is 114 Å². The molecule has 636 valence electrons. The van der Waals surface area contributed by atoms with Gasteiger partial charge in [0, 0.05) is 25.7 Å². The quantitative estimate of drug-likeness (QED) is 0.0222. The highest BCUT2D eigenvalue weighted by atomic mass is 31.2. The average molecular weight is 1560 g/mol. The molecule has 17 nitrogen and oxygen atoms in total. The molecule has 0 heterocycles. The first kappa shape index (κ1) is 105. The second-order valence-corrected chi connectivity index (χ2v) is 36.0. The van der Waals surface area contributed by atoms with Crippen LogP contribution in [0.5, 0.6) is 0 Å². The Labute approximate surface area is 658 Å². The Morgan fingerprint density at radius 1 is 0.262 bits per heavy atom. The van der Waals surface area contributed by atoms with Gasteiger partial charge in [0.2, 0.25) is 0 Å². The minimum Gasteiger partial charge on any atom is -0.462 e. The minimum atomic E-state index is -4.97. The second-order valence-electron chi connectivity index (χ2n) is 33.1. The van der Waals surface area contributed by atoms with Crippen LogP contribution in [0.4, 0.5) is 0 Å². The van der Waals surface area contributed by atoms with Crippen LogP contribution in [-0.2, 0) is 65.4 Å². The summed E-state index contributed by atoms with van der Waals surface area (Å²) in [7, 11) is -9.93. The zero-order valence-corrected chi connectivity index (χ0v) is 72.6. The fourth-order valence-corrected chi connectivity index (χ4v) is 15.2. The Bertz CT molecular complexity index is 2080. The molecule has 0 aromatic carbocycles. The van der Waals surface area contributed by atoms with Crippen LogP contribution >= 0.6 is 15.6 Å². The molecule has 0 aliphatic carbocycles. The van der Waals surface area contributed by atoms with Gasteiger partial charge in [-0.3, -0.25) is 37.3 Å². The first-order valence-corrected chi connectivity index (χ1v) is 48.3. The van der Waals surface area contributed by atoms with Gasteiger partial charge in [-0.25, -0.2) is 9.13 Å². The van der Waals surface area contributed by atoms with Gasteiger partial charge in [-0.15, -0.1) is 0 Å². The first-order chi connectivity index (χ1) is 51.7. The summed E-state index contributed by atoms with van der Waals surface area (Å²) in [6.07, 6.45) is 66.8. The smallest absolute Gasteiger partial charge is 0.462 e. The summed E-state index contributed by atoms with van der Waals surface area (Å²) >= 11 is 0. The van der Waals surface area contributed by atoms with E-state index in [9.17, 15) is 43.2 Å². The highest BCUT2D eigenvalue weighted by Crippen LogP contribution is 2.45. The van der Waals surface area contributed by atoms with Crippen LogP contribution in [0, 0.1) is 23.7 Å². The number of carbonyl (C=O) groups is 4. The largest absolute Gasteiger partial charge is 0.472 e. The molecule has 0 saturated heterocycles. The molecule has 5 unspecified atom stereocenters. The number of rotatable bonds is 85. The number of aliphatic hydroxyl groups excluding tert-OH is 1. The van der Waals surface area contributed by atoms with Crippen molar-refractivity contribution in [2.24, 2.45) is 23.7 Å². The molecular formula is C88H172O17P2. The summed E-state index contributed by atoms with van der Waals surface area (Å²) in [6.45, 7) is 14.4. The van der Waals surface area contributed by atoms with Crippen molar-refractivity contribution < 1.29 is 80.2 Å². The van der Waals surface area contributed by atoms with Gasteiger partial charge >= 0.3 is 39.5 Å². The zero-order valence-electron chi connectivity index (χ0n) is 70.8. The lowest BCUT2D eigenvalue weighted by molar-refractivity contribution is -0.161. The molecule has 3 N–H and O–H groups in total. The van der Waals surface area contributed by atoms with Crippen molar-refractivity contribution >= 4 is 39.5 Å². The van der Waals surface area contributed by atoms with E-state index in [-0.39, 0.29) is 25.7 Å². The number of hydrogen-bond donors (Lipinski definition) is 3. The lowest BCUT2D eigenvalue weighted by Crippen LogP contribution is -2.30. The van der Waals surface area contributed by atoms with Gasteiger partial charge in [-0.05, 0) is 49.4 Å². The van der Waals surface area contributed by atoms with Crippen LogP contribution in [-0.4, -0.2) is 96.7 Å². The zero-order chi connectivity index (χ0) is 78.8. The maximum atomic E-state index is 13.2. The SMILES string of the molecule is CCC(C)CCCCCCCCCCCCCCCCCCCCC(=O)O[C@H](COC(=O)CCCCCCCCCCCCCCCCC(C)CC)COP(=O)(O)OCC(O)COP(=O)(O)OC[C@@H](COC(=O)CCCCCCCCC(C)C)OC(=O)CCCCCCCCCCCCCCCCCC(C)C. The molecule has 0 aliphatic rings. The molecule has 0 rings (SSSR count). The van der Waals surface area contributed by atoms with Crippen molar-refractivity contribution in [3.63, 3.8) is 0 Å². The van der Waals surface area contributed by atoms with E-state index in [1.807, 2.05) is 0 Å². The molecule has 0 amide bonds. The maximum Gasteiger partial charge on any atom is 0.472 e. The molecule has 0 bridgehead atoms. The lowest BCUT2D eigenvalue weighted by atomic mass is 9.99. The van der Waals surface area contributed by atoms with E-state index in [1.165, 1.54) is 257 Å². The van der Waals surface area contributed by atoms with Gasteiger partial charge in [-0.2, -0.15) is 0 Å². The van der Waals surface area contributed by atoms with E-state index in [0.29, 0.717) is 31.6 Å². The average Bonchev–Trinajstić information content (AvgIpc) is 0.904. The number of unbranched alkanes of at least 4 members (excludes halogenated alkanes) is 49. The second kappa shape index (κ2) is 76.7. The van der Waals surface area contributed by atoms with E-state index < -0.39 is 97.5 Å². The van der Waals surface area contributed by atoms with E-state index in [4.69, 9.17) is 37.0 Å². The van der Waals surface area contributed by atoms with E-state index in [2.05, 4.69) is 55.4 Å². The number of phosphoric ester groups is 2. The van der Waals surface area contributed by atoms with E-state index >= 15 is 0 Å². The predicted octanol–water partition coefficient (Wildman–Crippen LogP) is 26.7. The van der Waals surface area contributed by atoms with Crippen molar-refractivity contribution in [3.8, 4) is 0 Å². The van der Waals surface area contributed by atoms with Gasteiger partial charge in [0.05, 0.1) is 26.4 Å². The Balaban J connectivity index is 5.21. The molecule has 0 spiro atoms. The Kier molecular flexibility index (Phi) is 75.3. The highest BCUT2D eigenvalue weighted by molar-refractivity contribution is 7.47. The normalized spacial score (nSPS) is 14.4. The standard InChI is InChI=1S/C88H172O17P2/c1-9-80(7)66-58-50-41-35-29-23-17-13-11-12-14-18-26-32-38-44-54-62-70-87(92)104-83(74-98-85(90)68-60-52-43-37-31-25-21-20-24-30-36-42-51-59-67-81(8)10-2)76-102-106(94,95)100-72-82(89)73-101-107(96,97)103-77-84(75-99-86(91)69-61-53-47-46-49-57-65-79(5)6)105-88(93)71-63-55-45-39-33-27-19-15-16-22-28-34-40-48-56-64-78(3)4/h78-84,89H,9-77H2,1-8H3,(H,94,95)(H,96,97)/t80?,81?,82?,83-,84-/m1/s1. The van der Waals surface area contributed by atoms with Gasteiger partial charge in [0.25, 0.3) is 0 Å². The number of phosphoric acid groups is 2. The molecule has 0 aromatic rings. The van der Waals surface area contributed by atoms with Crippen molar-refractivity contribution in [3.05, 3.63) is 0 Å². The topological polar surface area (TPSA) is 237 Å². The number of ether oxygens (including phenoxy) is 4. The van der Waals surface area contributed by atoms with Crippen LogP contribution in [0.2, 0.25) is 0 Å². The number of aliphatic hydroxyl groups is 1. The van der Waals surface area contributed by atoms with Gasteiger partial charge in [-0.1, -0.05) is 409 Å². The predicted molar refractivity (Wildman–Crippen MR) is 441 cm³/mol. The highest BCUT2D eigenvalue weighted by Gasteiger charge is 2.31. The summed E-state index contributed by atoms with van der Waals surface area (Å²) in [4.78, 5) is 73.2. The summed E-state index contributed by atoms with van der Waals surface area (Å²) in [5.74, 6) is 1.10. The molecule has 0 aliphatic heterocycles. The monoisotopic (exact) mass is 1560 g/mol. The Morgan fingerprint density at radius 2 is 0.449 bits per heavy atom. The third-order valence-electron chi connectivity index (χ3n) is 21.3. The Morgan fingerprint density at radius 3 is 0.664 bits per heavy atom. The Hall–Kier alpha value is -1.94. The van der Waals surface area contributed by atoms with Gasteiger partial charge in [0.1, 0.15) is 19.3 Å². The summed E-state index contributed by atoms with van der Waals surface area (Å²) in [6, 6.07) is 0. The van der Waals surface area contributed by atoms with Crippen LogP contribution in [0.3, 0.4) is 0 Å². The molecule has 0 aromatic heterocycles. The molecule has 0 saturated carbocycles. The van der Waals surface area contributed by atoms with E-state index in [1.54, 1.807) is 0 Å².